The molecule has 0 radical (unpaired) electrons. The van der Waals surface area contributed by atoms with E-state index in [1.807, 2.05) is 103 Å². The van der Waals surface area contributed by atoms with Gasteiger partial charge in [-0.1, -0.05) is 188 Å². The highest BCUT2D eigenvalue weighted by Crippen LogP contribution is 2.62. The molecule has 2 atom stereocenters. The van der Waals surface area contributed by atoms with Crippen LogP contribution in [0, 0.1) is 0 Å². The molecule has 0 heterocycles. The van der Waals surface area contributed by atoms with E-state index in [9.17, 15) is 42.9 Å². The topological polar surface area (TPSA) is 257 Å². The molecule has 6 N–H and O–H groups in total. The average molecular weight is 1230 g/mol. The maximum atomic E-state index is 14.3. The normalized spacial score (nSPS) is 11.7. The lowest BCUT2D eigenvalue weighted by atomic mass is 10.0. The molecule has 4 amide bonds. The van der Waals surface area contributed by atoms with Gasteiger partial charge in [-0.25, -0.2) is 14.4 Å². The van der Waals surface area contributed by atoms with Crippen LogP contribution in [0.25, 0.3) is 43.1 Å². The lowest BCUT2D eigenvalue weighted by molar-refractivity contribution is -0.117. The lowest BCUT2D eigenvalue weighted by Gasteiger charge is -2.27. The number of nitrogens with one attached hydrogen (secondary N) is 4. The van der Waals surface area contributed by atoms with Gasteiger partial charge in [-0.3, -0.25) is 29.4 Å². The molecule has 0 fully saturated rings. The van der Waals surface area contributed by atoms with Crippen molar-refractivity contribution in [3.63, 3.8) is 0 Å². The van der Waals surface area contributed by atoms with Crippen molar-refractivity contribution >= 4 is 117 Å². The van der Waals surface area contributed by atoms with Crippen molar-refractivity contribution in [2.75, 3.05) is 34.5 Å². The van der Waals surface area contributed by atoms with Crippen molar-refractivity contribution in [2.24, 2.45) is 4.99 Å². The number of aliphatic imine (C=N–C) groups is 1. The maximum Gasteiger partial charge on any atom is 0.417 e. The number of carbonyl (C=O) groups excluding carboxylic acids is 5. The third kappa shape index (κ3) is 16.4. The van der Waals surface area contributed by atoms with Crippen molar-refractivity contribution < 1.29 is 61.4 Å². The SMILES string of the molecule is CCOP(=O)(OCC)C(C(=O)Nc1cc2ccccc2cc1OC(=O)Nc1ccccc1)c1cccc2ccccc12.O=C(Nc1ccccc1)Oc1cc2ccccc2cc1NC(=O)C(c1cccc2ccccc12)P(=O)(O)O.O=C=Nc1ccccc1. The lowest BCUT2D eigenvalue weighted by Crippen LogP contribution is -2.24. The largest absolute Gasteiger partial charge is 0.417 e. The summed E-state index contributed by atoms with van der Waals surface area (Å²) in [7, 11) is -8.98. The molecule has 11 aromatic carbocycles. The van der Waals surface area contributed by atoms with Crippen LogP contribution in [0.2, 0.25) is 0 Å². The van der Waals surface area contributed by atoms with Crippen LogP contribution in [-0.2, 0) is 32.6 Å². The van der Waals surface area contributed by atoms with Gasteiger partial charge < -0.3 is 38.9 Å². The summed E-state index contributed by atoms with van der Waals surface area (Å²) >= 11 is 0. The van der Waals surface area contributed by atoms with Gasteiger partial charge in [-0.2, -0.15) is 4.99 Å². The molecule has 20 heteroatoms. The van der Waals surface area contributed by atoms with Crippen LogP contribution >= 0.6 is 15.2 Å². The zero-order chi connectivity index (χ0) is 62.8. The van der Waals surface area contributed by atoms with Gasteiger partial charge in [0.2, 0.25) is 17.9 Å². The molecule has 0 saturated carbocycles. The number of anilines is 4. The van der Waals surface area contributed by atoms with Gasteiger partial charge in [0.1, 0.15) is 0 Å². The summed E-state index contributed by atoms with van der Waals surface area (Å²) in [6.45, 7) is 3.56. The molecule has 0 aliphatic carbocycles. The number of nitrogens with zero attached hydrogens (tertiary/aromatic N) is 1. The Balaban J connectivity index is 0.000000186. The fraction of sp³-hybridized carbons (Fsp3) is 0.0870. The molecular weight excluding hydrogens is 1170 g/mol. The number of para-hydroxylation sites is 3. The van der Waals surface area contributed by atoms with Crippen molar-refractivity contribution in [1.29, 1.82) is 0 Å². The van der Waals surface area contributed by atoms with Gasteiger partial charge in [0.25, 0.3) is 0 Å². The number of amides is 4. The Morgan fingerprint density at radius 1 is 0.438 bits per heavy atom. The van der Waals surface area contributed by atoms with Gasteiger partial charge in [0.15, 0.2) is 22.8 Å². The summed E-state index contributed by atoms with van der Waals surface area (Å²) in [5.41, 5.74) is -0.359. The van der Waals surface area contributed by atoms with E-state index in [2.05, 4.69) is 26.3 Å². The summed E-state index contributed by atoms with van der Waals surface area (Å²) in [5, 5.41) is 16.8. The molecular formula is C69H59N5O13P2. The number of hydrogen-bond acceptors (Lipinski definition) is 12. The van der Waals surface area contributed by atoms with Crippen LogP contribution in [0.4, 0.5) is 38.0 Å². The molecule has 89 heavy (non-hydrogen) atoms. The number of carbonyl (C=O) groups is 4. The Kier molecular flexibility index (Phi) is 21.2. The summed E-state index contributed by atoms with van der Waals surface area (Å²) in [5.74, 6) is -1.42. The summed E-state index contributed by atoms with van der Waals surface area (Å²) in [4.78, 5) is 86.8. The fourth-order valence-electron chi connectivity index (χ4n) is 9.74. The minimum Gasteiger partial charge on any atom is -0.408 e. The zero-order valence-corrected chi connectivity index (χ0v) is 49.8. The van der Waals surface area contributed by atoms with E-state index in [4.69, 9.17) is 18.5 Å². The van der Waals surface area contributed by atoms with E-state index in [0.29, 0.717) is 28.0 Å². The smallest absolute Gasteiger partial charge is 0.408 e. The minimum absolute atomic E-state index is 0.0212. The molecule has 0 spiro atoms. The van der Waals surface area contributed by atoms with Gasteiger partial charge >= 0.3 is 27.4 Å². The highest BCUT2D eigenvalue weighted by Gasteiger charge is 2.44. The van der Waals surface area contributed by atoms with Gasteiger partial charge in [0.05, 0.1) is 30.3 Å². The standard InChI is InChI=1S/C33H31N2O6P.C29H23N2O6P.C7H5NO/c1-3-39-42(38,40-4-2)31(28-20-12-16-23-13-10-11-19-27(23)28)32(36)35-29-21-24-14-8-9-15-25(24)22-30(29)41-33(37)34-26-17-6-5-7-18-26;32-28(27(38(34,35)36)24-16-8-12-19-9-6-7-15-23(19)24)31-25-17-20-10-4-5-11-21(20)18-26(25)37-29(33)30-22-13-2-1-3-14-22;9-6-8-7-4-2-1-3-5-7/h5-22,31H,3-4H2,1-2H3,(H,34,37)(H,35,36);1-18,27H,(H,30,33)(H,31,32)(H2,34,35,36);1-5H. The number of benzene rings is 11. The van der Waals surface area contributed by atoms with Crippen LogP contribution < -0.4 is 30.7 Å². The predicted molar refractivity (Wildman–Crippen MR) is 348 cm³/mol. The van der Waals surface area contributed by atoms with E-state index in [-0.39, 0.29) is 41.7 Å². The van der Waals surface area contributed by atoms with E-state index in [1.165, 1.54) is 12.1 Å². The summed E-state index contributed by atoms with van der Waals surface area (Å²) in [6, 6.07) is 72.9. The second-order valence-corrected chi connectivity index (χ2v) is 23.4. The Labute approximate surface area is 511 Å². The molecule has 0 aliphatic heterocycles. The summed E-state index contributed by atoms with van der Waals surface area (Å²) in [6.07, 6.45) is -0.0600. The summed E-state index contributed by atoms with van der Waals surface area (Å²) < 4.78 is 49.5. The van der Waals surface area contributed by atoms with Crippen molar-refractivity contribution in [3.05, 3.63) is 260 Å². The molecule has 448 valence electrons. The second kappa shape index (κ2) is 29.8. The number of hydrogen-bond donors (Lipinski definition) is 6. The Hall–Kier alpha value is -10.4. The average Bonchev–Trinajstić information content (AvgIpc) is 0.888. The van der Waals surface area contributed by atoms with Crippen molar-refractivity contribution in [1.82, 2.24) is 0 Å². The molecule has 0 aromatic heterocycles. The van der Waals surface area contributed by atoms with Crippen LogP contribution in [0.1, 0.15) is 36.3 Å². The molecule has 2 unspecified atom stereocenters. The monoisotopic (exact) mass is 1230 g/mol. The van der Waals surface area contributed by atoms with Crippen LogP contribution in [0.5, 0.6) is 11.5 Å². The molecule has 0 aliphatic rings. The first-order chi connectivity index (χ1) is 43.1. The third-order valence-electron chi connectivity index (χ3n) is 13.6. The minimum atomic E-state index is -4.96. The Morgan fingerprint density at radius 2 is 0.787 bits per heavy atom. The Morgan fingerprint density at radius 3 is 1.19 bits per heavy atom. The van der Waals surface area contributed by atoms with Crippen LogP contribution in [-0.4, -0.2) is 53.1 Å². The van der Waals surface area contributed by atoms with Gasteiger partial charge in [0, 0.05) is 11.4 Å². The molecule has 18 nitrogen and oxygen atoms in total. The van der Waals surface area contributed by atoms with Crippen LogP contribution in [0.15, 0.2) is 254 Å². The second-order valence-electron chi connectivity index (χ2n) is 19.6. The molecule has 0 bridgehead atoms. The highest BCUT2D eigenvalue weighted by molar-refractivity contribution is 7.55. The quantitative estimate of drug-likeness (QED) is 0.0282. The van der Waals surface area contributed by atoms with Crippen LogP contribution in [0.3, 0.4) is 0 Å². The first-order valence-corrected chi connectivity index (χ1v) is 31.2. The van der Waals surface area contributed by atoms with Gasteiger partial charge in [-0.15, -0.1) is 0 Å². The predicted octanol–water partition coefficient (Wildman–Crippen LogP) is 16.7. The van der Waals surface area contributed by atoms with E-state index >= 15 is 0 Å². The zero-order valence-electron chi connectivity index (χ0n) is 48.0. The highest BCUT2D eigenvalue weighted by atomic mass is 31.2. The first-order valence-electron chi connectivity index (χ1n) is 27.9. The van der Waals surface area contributed by atoms with E-state index in [1.54, 1.807) is 153 Å². The number of fused-ring (bicyclic) bond motifs is 4. The molecule has 11 aromatic rings. The third-order valence-corrected chi connectivity index (χ3v) is 17.2. The number of ether oxygens (including phenoxy) is 2. The number of isocyanates is 1. The Bertz CT molecular complexity index is 4450. The fourth-order valence-corrected chi connectivity index (χ4v) is 12.7. The molecule has 11 rings (SSSR count). The molecule has 0 saturated heterocycles. The van der Waals surface area contributed by atoms with Crippen molar-refractivity contribution in [3.8, 4) is 11.5 Å². The van der Waals surface area contributed by atoms with Gasteiger partial charge in [-0.05, 0) is 129 Å². The first kappa shape index (κ1) is 63.1. The van der Waals surface area contributed by atoms with E-state index in [0.717, 1.165) is 37.7 Å². The number of rotatable bonds is 17. The maximum absolute atomic E-state index is 14.3. The van der Waals surface area contributed by atoms with Crippen molar-refractivity contribution in [2.45, 2.75) is 25.2 Å². The van der Waals surface area contributed by atoms with E-state index < -0.39 is 50.5 Å².